The van der Waals surface area contributed by atoms with Gasteiger partial charge in [-0.25, -0.2) is 4.39 Å². The molecule has 10 heteroatoms. The number of carbonyl (C=O) groups is 3. The van der Waals surface area contributed by atoms with E-state index in [9.17, 15) is 18.8 Å². The predicted octanol–water partition coefficient (Wildman–Crippen LogP) is 4.20. The summed E-state index contributed by atoms with van der Waals surface area (Å²) in [6, 6.07) is 17.2. The van der Waals surface area contributed by atoms with Gasteiger partial charge in [0.2, 0.25) is 5.91 Å². The Balaban J connectivity index is 1.09. The second-order valence-corrected chi connectivity index (χ2v) is 11.1. The molecule has 3 aliphatic rings. The van der Waals surface area contributed by atoms with E-state index in [4.69, 9.17) is 9.47 Å². The molecule has 0 saturated carbocycles. The zero-order chi connectivity index (χ0) is 30.1. The van der Waals surface area contributed by atoms with Crippen LogP contribution in [0, 0.1) is 11.7 Å². The highest BCUT2D eigenvalue weighted by atomic mass is 19.1. The van der Waals surface area contributed by atoms with Crippen LogP contribution in [0.3, 0.4) is 0 Å². The molecule has 0 aromatic heterocycles. The molecule has 0 unspecified atom stereocenters. The standard InChI is InChI=1S/C33H35FN4O5/c1-42-26-11-6-23(29(20-26)43-2)21-38-32(40)27-4-3-5-28(30(27)33(38)41)36-14-12-22(13-15-36)31(39)37-18-16-35(17-19-37)25-9-7-24(34)8-10-25/h3-11,20,22H,12-19,21H2,1-2H3. The number of piperidine rings is 1. The number of nitrogens with zero attached hydrogens (tertiary/aromatic N) is 4. The van der Waals surface area contributed by atoms with Crippen LogP contribution in [0.25, 0.3) is 0 Å². The summed E-state index contributed by atoms with van der Waals surface area (Å²) in [4.78, 5) is 47.9. The van der Waals surface area contributed by atoms with Crippen molar-refractivity contribution in [2.24, 2.45) is 5.92 Å². The maximum absolute atomic E-state index is 13.7. The van der Waals surface area contributed by atoms with Crippen molar-refractivity contribution < 1.29 is 28.2 Å². The van der Waals surface area contributed by atoms with Gasteiger partial charge in [0.15, 0.2) is 0 Å². The molecular weight excluding hydrogens is 551 g/mol. The summed E-state index contributed by atoms with van der Waals surface area (Å²) in [6.45, 7) is 4.02. The number of anilines is 2. The van der Waals surface area contributed by atoms with Gasteiger partial charge in [-0.05, 0) is 61.4 Å². The predicted molar refractivity (Wildman–Crippen MR) is 160 cm³/mol. The zero-order valence-corrected chi connectivity index (χ0v) is 24.4. The van der Waals surface area contributed by atoms with Gasteiger partial charge in [0, 0.05) is 62.5 Å². The molecule has 0 aliphatic carbocycles. The molecule has 3 amide bonds. The molecule has 43 heavy (non-hydrogen) atoms. The summed E-state index contributed by atoms with van der Waals surface area (Å²) in [6.07, 6.45) is 1.35. The van der Waals surface area contributed by atoms with E-state index in [0.717, 1.165) is 11.4 Å². The molecule has 0 N–H and O–H groups in total. The van der Waals surface area contributed by atoms with Crippen molar-refractivity contribution in [3.8, 4) is 11.5 Å². The van der Waals surface area contributed by atoms with Crippen LogP contribution in [0.2, 0.25) is 0 Å². The molecule has 3 aromatic carbocycles. The van der Waals surface area contributed by atoms with Gasteiger partial charge in [0.1, 0.15) is 17.3 Å². The van der Waals surface area contributed by atoms with Crippen molar-refractivity contribution in [2.45, 2.75) is 19.4 Å². The first-order valence-corrected chi connectivity index (χ1v) is 14.6. The van der Waals surface area contributed by atoms with E-state index in [1.165, 1.54) is 17.0 Å². The number of carbonyl (C=O) groups excluding carboxylic acids is 3. The fourth-order valence-corrected chi connectivity index (χ4v) is 6.34. The molecule has 0 radical (unpaired) electrons. The number of halogens is 1. The van der Waals surface area contributed by atoms with Gasteiger partial charge >= 0.3 is 0 Å². The largest absolute Gasteiger partial charge is 0.497 e. The highest BCUT2D eigenvalue weighted by Crippen LogP contribution is 2.36. The van der Waals surface area contributed by atoms with Gasteiger partial charge in [0.25, 0.3) is 11.8 Å². The Bertz CT molecular complexity index is 1530. The number of ether oxygens (including phenoxy) is 2. The first-order valence-electron chi connectivity index (χ1n) is 14.6. The van der Waals surface area contributed by atoms with Crippen molar-refractivity contribution in [2.75, 3.05) is 63.3 Å². The summed E-state index contributed by atoms with van der Waals surface area (Å²) in [5, 5.41) is 0. The van der Waals surface area contributed by atoms with Crippen molar-refractivity contribution in [3.63, 3.8) is 0 Å². The average Bonchev–Trinajstić information content (AvgIpc) is 3.30. The summed E-state index contributed by atoms with van der Waals surface area (Å²) in [5.41, 5.74) is 3.22. The lowest BCUT2D eigenvalue weighted by Crippen LogP contribution is -2.51. The first-order chi connectivity index (χ1) is 20.9. The fraction of sp³-hybridized carbons (Fsp3) is 0.364. The third-order valence-electron chi connectivity index (χ3n) is 8.77. The minimum absolute atomic E-state index is 0.0817. The number of hydrogen-bond acceptors (Lipinski definition) is 7. The third kappa shape index (κ3) is 5.49. The Morgan fingerprint density at radius 2 is 1.56 bits per heavy atom. The summed E-state index contributed by atoms with van der Waals surface area (Å²) in [5.74, 6) is 0.339. The number of piperazine rings is 1. The van der Waals surface area contributed by atoms with Crippen LogP contribution >= 0.6 is 0 Å². The van der Waals surface area contributed by atoms with E-state index in [1.807, 2.05) is 17.0 Å². The highest BCUT2D eigenvalue weighted by molar-refractivity contribution is 6.23. The Morgan fingerprint density at radius 1 is 0.837 bits per heavy atom. The fourth-order valence-electron chi connectivity index (χ4n) is 6.34. The van der Waals surface area contributed by atoms with Crippen LogP contribution in [-0.2, 0) is 11.3 Å². The number of imide groups is 1. The van der Waals surface area contributed by atoms with Crippen molar-refractivity contribution in [1.82, 2.24) is 9.80 Å². The van der Waals surface area contributed by atoms with Gasteiger partial charge in [-0.15, -0.1) is 0 Å². The second-order valence-electron chi connectivity index (χ2n) is 11.1. The molecule has 9 nitrogen and oxygen atoms in total. The third-order valence-corrected chi connectivity index (χ3v) is 8.77. The quantitative estimate of drug-likeness (QED) is 0.384. The normalized spacial score (nSPS) is 17.4. The molecule has 3 aliphatic heterocycles. The number of amides is 3. The van der Waals surface area contributed by atoms with Gasteiger partial charge in [-0.3, -0.25) is 19.3 Å². The Morgan fingerprint density at radius 3 is 2.23 bits per heavy atom. The van der Waals surface area contributed by atoms with E-state index in [0.29, 0.717) is 80.3 Å². The number of hydrogen-bond donors (Lipinski definition) is 0. The van der Waals surface area contributed by atoms with Gasteiger partial charge in [-0.1, -0.05) is 6.07 Å². The average molecular weight is 587 g/mol. The zero-order valence-electron chi connectivity index (χ0n) is 24.4. The molecular formula is C33H35FN4O5. The lowest BCUT2D eigenvalue weighted by atomic mass is 9.93. The van der Waals surface area contributed by atoms with E-state index >= 15 is 0 Å². The number of benzene rings is 3. The minimum Gasteiger partial charge on any atom is -0.497 e. The highest BCUT2D eigenvalue weighted by Gasteiger charge is 2.40. The maximum Gasteiger partial charge on any atom is 0.263 e. The second kappa shape index (κ2) is 11.9. The first kappa shape index (κ1) is 28.5. The number of methoxy groups -OCH3 is 2. The van der Waals surface area contributed by atoms with Crippen LogP contribution < -0.4 is 19.3 Å². The van der Waals surface area contributed by atoms with E-state index in [1.54, 1.807) is 50.6 Å². The topological polar surface area (TPSA) is 82.6 Å². The van der Waals surface area contributed by atoms with Crippen molar-refractivity contribution in [3.05, 3.63) is 83.2 Å². The lowest BCUT2D eigenvalue weighted by Gasteiger charge is -2.40. The Labute approximate surface area is 250 Å². The maximum atomic E-state index is 13.7. The van der Waals surface area contributed by atoms with Gasteiger partial charge in [0.05, 0.1) is 37.6 Å². The molecule has 3 aromatic rings. The minimum atomic E-state index is -0.329. The van der Waals surface area contributed by atoms with Crippen molar-refractivity contribution >= 4 is 29.1 Å². The summed E-state index contributed by atoms with van der Waals surface area (Å²) < 4.78 is 24.0. The van der Waals surface area contributed by atoms with Crippen molar-refractivity contribution in [1.29, 1.82) is 0 Å². The summed E-state index contributed by atoms with van der Waals surface area (Å²) in [7, 11) is 3.11. The lowest BCUT2D eigenvalue weighted by molar-refractivity contribution is -0.136. The van der Waals surface area contributed by atoms with Gasteiger partial charge in [-0.2, -0.15) is 0 Å². The SMILES string of the molecule is COc1ccc(CN2C(=O)c3cccc(N4CCC(C(=O)N5CCN(c6ccc(F)cc6)CC5)CC4)c3C2=O)c(OC)c1. The monoisotopic (exact) mass is 586 g/mol. The van der Waals surface area contributed by atoms with Gasteiger partial charge < -0.3 is 24.2 Å². The van der Waals surface area contributed by atoms with Crippen LogP contribution in [-0.4, -0.2) is 81.0 Å². The molecule has 224 valence electrons. The smallest absolute Gasteiger partial charge is 0.263 e. The molecule has 0 spiro atoms. The molecule has 6 rings (SSSR count). The number of rotatable bonds is 7. The molecule has 2 fully saturated rings. The molecule has 0 bridgehead atoms. The Hall–Kier alpha value is -4.60. The van der Waals surface area contributed by atoms with E-state index in [-0.39, 0.29) is 36.0 Å². The molecule has 0 atom stereocenters. The summed E-state index contributed by atoms with van der Waals surface area (Å²) >= 11 is 0. The number of fused-ring (bicyclic) bond motifs is 1. The Kier molecular flexibility index (Phi) is 7.92. The molecule has 3 heterocycles. The van der Waals surface area contributed by atoms with Crippen LogP contribution in [0.5, 0.6) is 11.5 Å². The van der Waals surface area contributed by atoms with E-state index in [2.05, 4.69) is 9.80 Å². The van der Waals surface area contributed by atoms with Crippen LogP contribution in [0.15, 0.2) is 60.7 Å². The van der Waals surface area contributed by atoms with Crippen LogP contribution in [0.4, 0.5) is 15.8 Å². The molecule has 2 saturated heterocycles. The van der Waals surface area contributed by atoms with Crippen LogP contribution in [0.1, 0.15) is 39.1 Å². The van der Waals surface area contributed by atoms with E-state index < -0.39 is 0 Å².